The summed E-state index contributed by atoms with van der Waals surface area (Å²) < 4.78 is 7.34. The number of carbonyl (C=O) groups is 2. The average Bonchev–Trinajstić information content (AvgIpc) is 3.23. The lowest BCUT2D eigenvalue weighted by molar-refractivity contribution is -0.134. The molecule has 0 saturated carbocycles. The Labute approximate surface area is 239 Å². The number of morpholine rings is 1. The Morgan fingerprint density at radius 1 is 1.13 bits per heavy atom. The summed E-state index contributed by atoms with van der Waals surface area (Å²) in [7, 11) is 0. The van der Waals surface area contributed by atoms with Gasteiger partial charge in [0.15, 0.2) is 0 Å². The lowest BCUT2D eigenvalue weighted by Gasteiger charge is -2.30. The molecule has 5 rings (SSSR count). The van der Waals surface area contributed by atoms with Crippen LogP contribution in [0.5, 0.6) is 0 Å². The van der Waals surface area contributed by atoms with Crippen molar-refractivity contribution in [2.24, 2.45) is 0 Å². The van der Waals surface area contributed by atoms with Gasteiger partial charge in [0.1, 0.15) is 12.4 Å². The molecule has 0 N–H and O–H groups in total. The Morgan fingerprint density at radius 3 is 2.54 bits per heavy atom. The Kier molecular flexibility index (Phi) is 7.82. The molecule has 1 atom stereocenters. The number of aryl methyl sites for hydroxylation is 1. The van der Waals surface area contributed by atoms with Crippen LogP contribution in [-0.4, -0.2) is 65.1 Å². The molecule has 0 spiro atoms. The molecular formula is C30H35ClN4O3S. The highest BCUT2D eigenvalue weighted by Gasteiger charge is 2.40. The van der Waals surface area contributed by atoms with Crippen LogP contribution in [0.25, 0.3) is 5.69 Å². The van der Waals surface area contributed by atoms with Gasteiger partial charge >= 0.3 is 0 Å². The quantitative estimate of drug-likeness (QED) is 0.419. The van der Waals surface area contributed by atoms with E-state index in [9.17, 15) is 9.59 Å². The molecule has 1 fully saturated rings. The SMILES string of the molecule is Cc1cccc(-n2nc(C(C)(C)C)c3c2N(CC(=O)N2CCOCC2)C(=O)CS[C@@H]3c2cccc(Cl)c2)c1C. The van der Waals surface area contributed by atoms with E-state index in [2.05, 4.69) is 40.7 Å². The van der Waals surface area contributed by atoms with Crippen molar-refractivity contribution in [2.45, 2.75) is 45.3 Å². The molecule has 2 aliphatic heterocycles. The van der Waals surface area contributed by atoms with Gasteiger partial charge in [0.2, 0.25) is 11.8 Å². The van der Waals surface area contributed by atoms with Crippen LogP contribution >= 0.6 is 23.4 Å². The van der Waals surface area contributed by atoms with Crippen molar-refractivity contribution in [1.82, 2.24) is 14.7 Å². The molecule has 3 aromatic rings. The summed E-state index contributed by atoms with van der Waals surface area (Å²) in [5, 5.41) is 5.67. The van der Waals surface area contributed by atoms with Crippen molar-refractivity contribution in [3.05, 3.63) is 75.4 Å². The van der Waals surface area contributed by atoms with Crippen molar-refractivity contribution in [3.8, 4) is 5.69 Å². The van der Waals surface area contributed by atoms with Gasteiger partial charge in [-0.15, -0.1) is 11.8 Å². The highest BCUT2D eigenvalue weighted by Crippen LogP contribution is 2.49. The van der Waals surface area contributed by atoms with Gasteiger partial charge in [0.05, 0.1) is 35.6 Å². The lowest BCUT2D eigenvalue weighted by Crippen LogP contribution is -2.48. The normalized spacial score (nSPS) is 18.2. The van der Waals surface area contributed by atoms with E-state index in [1.807, 2.05) is 41.1 Å². The van der Waals surface area contributed by atoms with Gasteiger partial charge in [-0.25, -0.2) is 4.68 Å². The van der Waals surface area contributed by atoms with Crippen LogP contribution in [0.4, 0.5) is 5.82 Å². The molecule has 3 heterocycles. The molecule has 9 heteroatoms. The number of thioether (sulfide) groups is 1. The van der Waals surface area contributed by atoms with E-state index in [0.717, 1.165) is 33.6 Å². The van der Waals surface area contributed by atoms with E-state index in [1.54, 1.807) is 21.6 Å². The summed E-state index contributed by atoms with van der Waals surface area (Å²) in [4.78, 5) is 30.8. The monoisotopic (exact) mass is 566 g/mol. The van der Waals surface area contributed by atoms with Crippen molar-refractivity contribution < 1.29 is 14.3 Å². The number of hydrogen-bond acceptors (Lipinski definition) is 5. The van der Waals surface area contributed by atoms with Crippen LogP contribution < -0.4 is 4.90 Å². The maximum atomic E-state index is 13.9. The highest BCUT2D eigenvalue weighted by atomic mass is 35.5. The number of amides is 2. The Hall–Kier alpha value is -2.81. The number of carbonyl (C=O) groups excluding carboxylic acids is 2. The van der Waals surface area contributed by atoms with E-state index in [4.69, 9.17) is 21.4 Å². The third-order valence-electron chi connectivity index (χ3n) is 7.41. The molecule has 2 amide bonds. The predicted octanol–water partition coefficient (Wildman–Crippen LogP) is 5.47. The molecule has 1 aromatic heterocycles. The van der Waals surface area contributed by atoms with Crippen LogP contribution in [0.1, 0.15) is 54.0 Å². The molecular weight excluding hydrogens is 532 g/mol. The Bertz CT molecular complexity index is 1410. The summed E-state index contributed by atoms with van der Waals surface area (Å²) in [6.07, 6.45) is 0. The number of halogens is 1. The molecule has 1 saturated heterocycles. The van der Waals surface area contributed by atoms with E-state index >= 15 is 0 Å². The molecule has 39 heavy (non-hydrogen) atoms. The second kappa shape index (κ2) is 11.0. The first kappa shape index (κ1) is 27.7. The minimum atomic E-state index is -0.322. The van der Waals surface area contributed by atoms with Crippen molar-refractivity contribution in [1.29, 1.82) is 0 Å². The Balaban J connectivity index is 1.76. The lowest BCUT2D eigenvalue weighted by atomic mass is 9.87. The maximum absolute atomic E-state index is 13.9. The third kappa shape index (κ3) is 5.47. The van der Waals surface area contributed by atoms with Gasteiger partial charge in [0, 0.05) is 29.1 Å². The minimum Gasteiger partial charge on any atom is -0.378 e. The number of rotatable bonds is 4. The standard InChI is InChI=1S/C30H35ClN4O3S/c1-19-8-6-11-23(20(19)2)35-29-26(28(32-35)30(3,4)5)27(21-9-7-10-22(31)16-21)39-18-25(37)34(29)17-24(36)33-12-14-38-15-13-33/h6-11,16,27H,12-15,17-18H2,1-5H3/t27-/m1/s1. The average molecular weight is 567 g/mol. The van der Waals surface area contributed by atoms with E-state index in [1.165, 1.54) is 0 Å². The summed E-state index contributed by atoms with van der Waals surface area (Å²) in [6.45, 7) is 12.6. The number of hydrogen-bond donors (Lipinski definition) is 0. The minimum absolute atomic E-state index is 0.0468. The molecule has 206 valence electrons. The number of fused-ring (bicyclic) bond motifs is 1. The fourth-order valence-electron chi connectivity index (χ4n) is 5.19. The summed E-state index contributed by atoms with van der Waals surface area (Å²) in [6, 6.07) is 13.9. The highest BCUT2D eigenvalue weighted by molar-refractivity contribution is 8.00. The molecule has 2 aromatic carbocycles. The van der Waals surface area contributed by atoms with Crippen LogP contribution in [0.15, 0.2) is 42.5 Å². The largest absolute Gasteiger partial charge is 0.378 e. The van der Waals surface area contributed by atoms with Gasteiger partial charge in [0.25, 0.3) is 0 Å². The van der Waals surface area contributed by atoms with Crippen LogP contribution in [0.3, 0.4) is 0 Å². The molecule has 0 unspecified atom stereocenters. The third-order valence-corrected chi connectivity index (χ3v) is 8.90. The molecule has 0 aliphatic carbocycles. The van der Waals surface area contributed by atoms with E-state index in [-0.39, 0.29) is 34.8 Å². The second-order valence-electron chi connectivity index (χ2n) is 11.2. The Morgan fingerprint density at radius 2 is 1.85 bits per heavy atom. The topological polar surface area (TPSA) is 67.7 Å². The predicted molar refractivity (Wildman–Crippen MR) is 157 cm³/mol. The van der Waals surface area contributed by atoms with Gasteiger partial charge in [-0.05, 0) is 48.7 Å². The van der Waals surface area contributed by atoms with Crippen LogP contribution in [-0.2, 0) is 19.7 Å². The number of ether oxygens (including phenoxy) is 1. The summed E-state index contributed by atoms with van der Waals surface area (Å²) >= 11 is 8.01. The number of benzene rings is 2. The number of anilines is 1. The zero-order chi connectivity index (χ0) is 27.9. The maximum Gasteiger partial charge on any atom is 0.242 e. The van der Waals surface area contributed by atoms with Gasteiger partial charge in [-0.2, -0.15) is 5.10 Å². The molecule has 0 radical (unpaired) electrons. The van der Waals surface area contributed by atoms with E-state index in [0.29, 0.717) is 37.1 Å². The number of aromatic nitrogens is 2. The van der Waals surface area contributed by atoms with Gasteiger partial charge in [-0.3, -0.25) is 14.5 Å². The summed E-state index contributed by atoms with van der Waals surface area (Å²) in [5.74, 6) is 0.697. The summed E-state index contributed by atoms with van der Waals surface area (Å²) in [5.41, 5.74) is 5.64. The van der Waals surface area contributed by atoms with Crippen LogP contribution in [0, 0.1) is 13.8 Å². The fraction of sp³-hybridized carbons (Fsp3) is 0.433. The first-order valence-corrected chi connectivity index (χ1v) is 14.7. The van der Waals surface area contributed by atoms with Crippen LogP contribution in [0.2, 0.25) is 5.02 Å². The molecule has 0 bridgehead atoms. The second-order valence-corrected chi connectivity index (χ2v) is 12.7. The first-order valence-electron chi connectivity index (χ1n) is 13.3. The number of nitrogens with zero attached hydrogens (tertiary/aromatic N) is 4. The van der Waals surface area contributed by atoms with E-state index < -0.39 is 0 Å². The van der Waals surface area contributed by atoms with Gasteiger partial charge in [-0.1, -0.05) is 56.6 Å². The fourth-order valence-corrected chi connectivity index (χ4v) is 6.57. The first-order chi connectivity index (χ1) is 18.6. The zero-order valence-corrected chi connectivity index (χ0v) is 24.7. The van der Waals surface area contributed by atoms with Crippen molar-refractivity contribution >= 4 is 41.0 Å². The van der Waals surface area contributed by atoms with Crippen molar-refractivity contribution in [2.75, 3.05) is 43.5 Å². The van der Waals surface area contributed by atoms with Crippen molar-refractivity contribution in [3.63, 3.8) is 0 Å². The molecule has 7 nitrogen and oxygen atoms in total. The molecule has 2 aliphatic rings. The zero-order valence-electron chi connectivity index (χ0n) is 23.2. The van der Waals surface area contributed by atoms with Gasteiger partial charge < -0.3 is 9.64 Å². The smallest absolute Gasteiger partial charge is 0.242 e.